The Bertz CT molecular complexity index is 514. The third kappa shape index (κ3) is 4.52. The van der Waals surface area contributed by atoms with Crippen LogP contribution in [-0.4, -0.2) is 41.5 Å². The van der Waals surface area contributed by atoms with Crippen LogP contribution >= 0.6 is 11.3 Å². The molecule has 0 spiro atoms. The molecule has 1 aromatic rings. The van der Waals surface area contributed by atoms with Gasteiger partial charge in [-0.1, -0.05) is 12.8 Å². The second-order valence-electron chi connectivity index (χ2n) is 6.76. The summed E-state index contributed by atoms with van der Waals surface area (Å²) >= 11 is 1.89. The Morgan fingerprint density at radius 3 is 2.96 bits per heavy atom. The van der Waals surface area contributed by atoms with E-state index in [2.05, 4.69) is 21.4 Å². The Morgan fingerprint density at radius 2 is 2.22 bits per heavy atom. The van der Waals surface area contributed by atoms with Crippen molar-refractivity contribution in [3.8, 4) is 0 Å². The van der Waals surface area contributed by atoms with Gasteiger partial charge in [0.1, 0.15) is 0 Å². The number of rotatable bonds is 7. The van der Waals surface area contributed by atoms with E-state index in [1.54, 1.807) is 0 Å². The Morgan fingerprint density at radius 1 is 1.35 bits per heavy atom. The molecule has 3 N–H and O–H groups in total. The van der Waals surface area contributed by atoms with Gasteiger partial charge in [-0.3, -0.25) is 9.69 Å². The van der Waals surface area contributed by atoms with Crippen LogP contribution in [0.2, 0.25) is 0 Å². The predicted molar refractivity (Wildman–Crippen MR) is 93.4 cm³/mol. The molecule has 1 atom stereocenters. The first kappa shape index (κ1) is 16.9. The van der Waals surface area contributed by atoms with Crippen LogP contribution in [0.4, 0.5) is 0 Å². The average molecular weight is 337 g/mol. The maximum atomic E-state index is 11.7. The van der Waals surface area contributed by atoms with Crippen LogP contribution in [0.25, 0.3) is 0 Å². The van der Waals surface area contributed by atoms with E-state index in [1.807, 2.05) is 11.3 Å². The van der Waals surface area contributed by atoms with E-state index in [0.29, 0.717) is 19.0 Å². The lowest BCUT2D eigenvalue weighted by molar-refractivity contribution is -0.121. The van der Waals surface area contributed by atoms with Gasteiger partial charge in [0, 0.05) is 49.1 Å². The molecular weight excluding hydrogens is 308 g/mol. The molecule has 1 unspecified atom stereocenters. The highest BCUT2D eigenvalue weighted by Crippen LogP contribution is 2.38. The standard InChI is InChI=1S/C17H28N4OS/c18-8-7-16(22)19-10-14-6-1-2-9-21(14)12-15-11-20-17(23-15)13-4-3-5-13/h11,13-14H,1-10,12,18H2,(H,19,22). The zero-order valence-corrected chi connectivity index (χ0v) is 14.6. The van der Waals surface area contributed by atoms with Crippen molar-refractivity contribution in [3.63, 3.8) is 0 Å². The third-order valence-electron chi connectivity index (χ3n) is 5.04. The van der Waals surface area contributed by atoms with Crippen LogP contribution in [-0.2, 0) is 11.3 Å². The number of nitrogens with two attached hydrogens (primary N) is 1. The van der Waals surface area contributed by atoms with Gasteiger partial charge in [0.2, 0.25) is 5.91 Å². The van der Waals surface area contributed by atoms with Crippen LogP contribution in [0.15, 0.2) is 6.20 Å². The summed E-state index contributed by atoms with van der Waals surface area (Å²) in [6.45, 7) is 3.26. The smallest absolute Gasteiger partial charge is 0.221 e. The van der Waals surface area contributed by atoms with Crippen molar-refractivity contribution >= 4 is 17.2 Å². The van der Waals surface area contributed by atoms with E-state index >= 15 is 0 Å². The first-order valence-corrected chi connectivity index (χ1v) is 9.73. The van der Waals surface area contributed by atoms with Gasteiger partial charge < -0.3 is 11.1 Å². The van der Waals surface area contributed by atoms with Gasteiger partial charge in [-0.15, -0.1) is 11.3 Å². The predicted octanol–water partition coefficient (Wildman–Crippen LogP) is 2.23. The van der Waals surface area contributed by atoms with Gasteiger partial charge in [-0.25, -0.2) is 4.98 Å². The van der Waals surface area contributed by atoms with Crippen LogP contribution in [0.5, 0.6) is 0 Å². The summed E-state index contributed by atoms with van der Waals surface area (Å²) in [5, 5.41) is 4.37. The van der Waals surface area contributed by atoms with Crippen molar-refractivity contribution in [1.29, 1.82) is 0 Å². The second kappa shape index (κ2) is 8.22. The molecule has 23 heavy (non-hydrogen) atoms. The molecule has 0 bridgehead atoms. The summed E-state index contributed by atoms with van der Waals surface area (Å²) in [6, 6.07) is 0.444. The summed E-state index contributed by atoms with van der Waals surface area (Å²) in [5.41, 5.74) is 5.43. The quantitative estimate of drug-likeness (QED) is 0.801. The van der Waals surface area contributed by atoms with Gasteiger partial charge in [0.05, 0.1) is 5.01 Å². The molecule has 128 valence electrons. The maximum Gasteiger partial charge on any atom is 0.221 e. The van der Waals surface area contributed by atoms with Crippen molar-refractivity contribution in [1.82, 2.24) is 15.2 Å². The van der Waals surface area contributed by atoms with Gasteiger partial charge in [0.25, 0.3) is 0 Å². The molecule has 1 saturated heterocycles. The van der Waals surface area contributed by atoms with E-state index < -0.39 is 0 Å². The lowest BCUT2D eigenvalue weighted by Crippen LogP contribution is -2.46. The third-order valence-corrected chi connectivity index (χ3v) is 6.18. The molecule has 5 nitrogen and oxygen atoms in total. The molecule has 6 heteroatoms. The first-order chi connectivity index (χ1) is 11.3. The van der Waals surface area contributed by atoms with Crippen molar-refractivity contribution in [2.24, 2.45) is 5.73 Å². The maximum absolute atomic E-state index is 11.7. The van der Waals surface area contributed by atoms with Crippen molar-refractivity contribution in [3.05, 3.63) is 16.1 Å². The first-order valence-electron chi connectivity index (χ1n) is 8.91. The van der Waals surface area contributed by atoms with Gasteiger partial charge >= 0.3 is 0 Å². The van der Waals surface area contributed by atoms with Crippen LogP contribution in [0.1, 0.15) is 60.7 Å². The Kier molecular flexibility index (Phi) is 6.02. The molecule has 3 rings (SSSR count). The molecule has 2 aliphatic rings. The second-order valence-corrected chi connectivity index (χ2v) is 7.90. The van der Waals surface area contributed by atoms with Gasteiger partial charge in [-0.05, 0) is 32.2 Å². The minimum absolute atomic E-state index is 0.0723. The molecule has 1 amide bonds. The average Bonchev–Trinajstić information content (AvgIpc) is 2.93. The number of hydrogen-bond acceptors (Lipinski definition) is 5. The number of nitrogens with one attached hydrogen (secondary N) is 1. The number of piperidine rings is 1. The molecule has 1 aromatic heterocycles. The Balaban J connectivity index is 1.53. The van der Waals surface area contributed by atoms with Gasteiger partial charge in [-0.2, -0.15) is 0 Å². The van der Waals surface area contributed by atoms with Crippen molar-refractivity contribution in [2.45, 2.75) is 63.5 Å². The molecule has 1 saturated carbocycles. The highest BCUT2D eigenvalue weighted by Gasteiger charge is 2.25. The number of carbonyl (C=O) groups excluding carboxylic acids is 1. The monoisotopic (exact) mass is 336 g/mol. The molecule has 2 heterocycles. The van der Waals surface area contributed by atoms with E-state index in [0.717, 1.165) is 32.0 Å². The zero-order chi connectivity index (χ0) is 16.1. The minimum atomic E-state index is 0.0723. The molecular formula is C17H28N4OS. The number of amides is 1. The fraction of sp³-hybridized carbons (Fsp3) is 0.765. The summed E-state index contributed by atoms with van der Waals surface area (Å²) in [5.74, 6) is 0.796. The zero-order valence-electron chi connectivity index (χ0n) is 13.8. The van der Waals surface area contributed by atoms with E-state index in [9.17, 15) is 4.79 Å². The van der Waals surface area contributed by atoms with Crippen LogP contribution in [0, 0.1) is 0 Å². The topological polar surface area (TPSA) is 71.2 Å². The molecule has 0 radical (unpaired) electrons. The molecule has 1 aliphatic carbocycles. The number of likely N-dealkylation sites (tertiary alicyclic amines) is 1. The number of thiazole rings is 1. The van der Waals surface area contributed by atoms with Crippen LogP contribution < -0.4 is 11.1 Å². The van der Waals surface area contributed by atoms with E-state index in [4.69, 9.17) is 5.73 Å². The number of nitrogens with zero attached hydrogens (tertiary/aromatic N) is 2. The van der Waals surface area contributed by atoms with Crippen molar-refractivity contribution < 1.29 is 4.79 Å². The highest BCUT2D eigenvalue weighted by atomic mass is 32.1. The van der Waals surface area contributed by atoms with Crippen LogP contribution in [0.3, 0.4) is 0 Å². The lowest BCUT2D eigenvalue weighted by atomic mass is 9.86. The molecule has 1 aliphatic heterocycles. The van der Waals surface area contributed by atoms with Gasteiger partial charge in [0.15, 0.2) is 0 Å². The summed E-state index contributed by atoms with van der Waals surface area (Å²) in [7, 11) is 0. The normalized spacial score (nSPS) is 22.7. The molecule has 2 fully saturated rings. The fourth-order valence-electron chi connectivity index (χ4n) is 3.39. The highest BCUT2D eigenvalue weighted by molar-refractivity contribution is 7.11. The number of aromatic nitrogens is 1. The largest absolute Gasteiger partial charge is 0.354 e. The summed E-state index contributed by atoms with van der Waals surface area (Å²) in [4.78, 5) is 20.2. The van der Waals surface area contributed by atoms with E-state index in [-0.39, 0.29) is 5.91 Å². The summed E-state index contributed by atoms with van der Waals surface area (Å²) in [6.07, 6.45) is 10.1. The summed E-state index contributed by atoms with van der Waals surface area (Å²) < 4.78 is 0. The number of hydrogen-bond donors (Lipinski definition) is 2. The Labute approximate surface area is 142 Å². The lowest BCUT2D eigenvalue weighted by Gasteiger charge is -2.35. The fourth-order valence-corrected chi connectivity index (χ4v) is 4.50. The molecule has 0 aromatic carbocycles. The van der Waals surface area contributed by atoms with Crippen molar-refractivity contribution in [2.75, 3.05) is 19.6 Å². The number of carbonyl (C=O) groups is 1. The minimum Gasteiger partial charge on any atom is -0.354 e. The Hall–Kier alpha value is -0.980. The van der Waals surface area contributed by atoms with E-state index in [1.165, 1.54) is 42.0 Å². The SMILES string of the molecule is NCCC(=O)NCC1CCCCN1Cc1cnc(C2CCC2)s1.